The smallest absolute Gasteiger partial charge is 0.263 e. The third-order valence-electron chi connectivity index (χ3n) is 1.98. The van der Waals surface area contributed by atoms with Crippen molar-refractivity contribution in [1.82, 2.24) is 5.32 Å². The molecule has 0 aliphatic rings. The second-order valence-corrected chi connectivity index (χ2v) is 3.18. The minimum Gasteiger partial charge on any atom is -0.312 e. The SMILES string of the molecule is C#CCCNCc1cccc(C(F)F)c1. The van der Waals surface area contributed by atoms with Crippen molar-refractivity contribution in [2.24, 2.45) is 0 Å². The Hall–Kier alpha value is -1.40. The van der Waals surface area contributed by atoms with Gasteiger partial charge in [0.25, 0.3) is 6.43 Å². The lowest BCUT2D eigenvalue weighted by Gasteiger charge is -2.05. The maximum Gasteiger partial charge on any atom is 0.263 e. The molecule has 0 bridgehead atoms. The molecule has 1 rings (SSSR count). The van der Waals surface area contributed by atoms with Gasteiger partial charge in [-0.1, -0.05) is 18.2 Å². The van der Waals surface area contributed by atoms with Gasteiger partial charge in [0.15, 0.2) is 0 Å². The first-order valence-electron chi connectivity index (χ1n) is 4.75. The van der Waals surface area contributed by atoms with Crippen molar-refractivity contribution in [2.45, 2.75) is 19.4 Å². The Morgan fingerprint density at radius 2 is 2.20 bits per heavy atom. The number of nitrogens with one attached hydrogen (secondary N) is 1. The summed E-state index contributed by atoms with van der Waals surface area (Å²) in [5, 5.41) is 3.08. The number of rotatable bonds is 5. The second kappa shape index (κ2) is 6.15. The van der Waals surface area contributed by atoms with Gasteiger partial charge < -0.3 is 5.32 Å². The molecule has 0 fully saturated rings. The van der Waals surface area contributed by atoms with Gasteiger partial charge in [-0.15, -0.1) is 12.3 Å². The summed E-state index contributed by atoms with van der Waals surface area (Å²) < 4.78 is 24.7. The van der Waals surface area contributed by atoms with Gasteiger partial charge in [-0.2, -0.15) is 0 Å². The largest absolute Gasteiger partial charge is 0.312 e. The van der Waals surface area contributed by atoms with Crippen LogP contribution in [-0.2, 0) is 6.54 Å². The molecular formula is C12H13F2N. The molecule has 0 aromatic heterocycles. The van der Waals surface area contributed by atoms with Crippen LogP contribution in [0.15, 0.2) is 24.3 Å². The molecule has 0 saturated carbocycles. The summed E-state index contributed by atoms with van der Waals surface area (Å²) in [7, 11) is 0. The molecule has 15 heavy (non-hydrogen) atoms. The van der Waals surface area contributed by atoms with Crippen LogP contribution in [0.2, 0.25) is 0 Å². The Labute approximate surface area is 88.5 Å². The van der Waals surface area contributed by atoms with E-state index in [4.69, 9.17) is 6.42 Å². The lowest BCUT2D eigenvalue weighted by atomic mass is 10.1. The summed E-state index contributed by atoms with van der Waals surface area (Å²) in [6.07, 6.45) is 3.32. The van der Waals surface area contributed by atoms with Crippen LogP contribution >= 0.6 is 0 Å². The molecule has 0 aliphatic heterocycles. The Morgan fingerprint density at radius 3 is 2.87 bits per heavy atom. The predicted molar refractivity (Wildman–Crippen MR) is 56.6 cm³/mol. The first-order valence-corrected chi connectivity index (χ1v) is 4.75. The topological polar surface area (TPSA) is 12.0 Å². The molecule has 0 spiro atoms. The summed E-state index contributed by atoms with van der Waals surface area (Å²) in [4.78, 5) is 0. The number of hydrogen-bond donors (Lipinski definition) is 1. The molecule has 80 valence electrons. The molecular weight excluding hydrogens is 196 g/mol. The Morgan fingerprint density at radius 1 is 1.40 bits per heavy atom. The van der Waals surface area contributed by atoms with E-state index < -0.39 is 6.43 Å². The molecule has 0 aliphatic carbocycles. The fourth-order valence-corrected chi connectivity index (χ4v) is 1.23. The third kappa shape index (κ3) is 4.09. The van der Waals surface area contributed by atoms with Crippen molar-refractivity contribution in [3.05, 3.63) is 35.4 Å². The number of benzene rings is 1. The highest BCUT2D eigenvalue weighted by atomic mass is 19.3. The second-order valence-electron chi connectivity index (χ2n) is 3.18. The maximum atomic E-state index is 12.3. The number of alkyl halides is 2. The van der Waals surface area contributed by atoms with Gasteiger partial charge in [-0.25, -0.2) is 8.78 Å². The van der Waals surface area contributed by atoms with E-state index in [-0.39, 0.29) is 5.56 Å². The van der Waals surface area contributed by atoms with Gasteiger partial charge in [0, 0.05) is 25.1 Å². The Kier molecular flexibility index (Phi) is 4.79. The van der Waals surface area contributed by atoms with E-state index in [2.05, 4.69) is 11.2 Å². The molecule has 1 nitrogen and oxygen atoms in total. The fourth-order valence-electron chi connectivity index (χ4n) is 1.23. The molecule has 1 N–H and O–H groups in total. The van der Waals surface area contributed by atoms with Crippen LogP contribution in [0.3, 0.4) is 0 Å². The zero-order valence-corrected chi connectivity index (χ0v) is 8.34. The minimum atomic E-state index is -2.41. The van der Waals surface area contributed by atoms with Gasteiger partial charge in [0.1, 0.15) is 0 Å². The molecule has 0 amide bonds. The van der Waals surface area contributed by atoms with Crippen LogP contribution in [0.4, 0.5) is 8.78 Å². The van der Waals surface area contributed by atoms with Crippen LogP contribution in [0.1, 0.15) is 24.0 Å². The molecule has 3 heteroatoms. The number of halogens is 2. The van der Waals surface area contributed by atoms with E-state index in [0.717, 1.165) is 5.56 Å². The quantitative estimate of drug-likeness (QED) is 0.580. The van der Waals surface area contributed by atoms with Crippen molar-refractivity contribution in [2.75, 3.05) is 6.54 Å². The lowest BCUT2D eigenvalue weighted by Crippen LogP contribution is -2.14. The van der Waals surface area contributed by atoms with Gasteiger partial charge in [0.2, 0.25) is 0 Å². The van der Waals surface area contributed by atoms with Crippen molar-refractivity contribution in [1.29, 1.82) is 0 Å². The normalized spacial score (nSPS) is 10.3. The molecule has 0 radical (unpaired) electrons. The average Bonchev–Trinajstić information content (AvgIpc) is 2.25. The summed E-state index contributed by atoms with van der Waals surface area (Å²) in [5.74, 6) is 2.50. The average molecular weight is 209 g/mol. The van der Waals surface area contributed by atoms with Crippen molar-refractivity contribution >= 4 is 0 Å². The first-order chi connectivity index (χ1) is 7.24. The summed E-state index contributed by atoms with van der Waals surface area (Å²) >= 11 is 0. The van der Waals surface area contributed by atoms with Crippen LogP contribution in [0.25, 0.3) is 0 Å². The van der Waals surface area contributed by atoms with E-state index in [1.54, 1.807) is 6.07 Å². The Balaban J connectivity index is 2.48. The van der Waals surface area contributed by atoms with E-state index in [0.29, 0.717) is 19.5 Å². The molecule has 0 heterocycles. The zero-order chi connectivity index (χ0) is 11.1. The highest BCUT2D eigenvalue weighted by molar-refractivity contribution is 5.24. The van der Waals surface area contributed by atoms with Crippen molar-refractivity contribution in [3.63, 3.8) is 0 Å². The highest BCUT2D eigenvalue weighted by Gasteiger charge is 2.06. The molecule has 0 atom stereocenters. The monoisotopic (exact) mass is 209 g/mol. The lowest BCUT2D eigenvalue weighted by molar-refractivity contribution is 0.151. The van der Waals surface area contributed by atoms with E-state index >= 15 is 0 Å². The highest BCUT2D eigenvalue weighted by Crippen LogP contribution is 2.19. The van der Waals surface area contributed by atoms with Gasteiger partial charge in [-0.05, 0) is 11.6 Å². The van der Waals surface area contributed by atoms with Crippen LogP contribution in [-0.4, -0.2) is 6.54 Å². The standard InChI is InChI=1S/C12H13F2N/c1-2-3-7-15-9-10-5-4-6-11(8-10)12(13)14/h1,4-6,8,12,15H,3,7,9H2. The fraction of sp³-hybridized carbons (Fsp3) is 0.333. The summed E-state index contributed by atoms with van der Waals surface area (Å²) in [5.41, 5.74) is 0.913. The molecule has 0 saturated heterocycles. The van der Waals surface area contributed by atoms with Crippen LogP contribution in [0.5, 0.6) is 0 Å². The molecule has 1 aromatic carbocycles. The van der Waals surface area contributed by atoms with Crippen LogP contribution in [0, 0.1) is 12.3 Å². The van der Waals surface area contributed by atoms with Gasteiger partial charge >= 0.3 is 0 Å². The van der Waals surface area contributed by atoms with E-state index in [1.165, 1.54) is 12.1 Å². The number of hydrogen-bond acceptors (Lipinski definition) is 1. The van der Waals surface area contributed by atoms with Gasteiger partial charge in [-0.3, -0.25) is 0 Å². The maximum absolute atomic E-state index is 12.3. The Bertz CT molecular complexity index is 342. The predicted octanol–water partition coefficient (Wildman–Crippen LogP) is 2.74. The van der Waals surface area contributed by atoms with Crippen LogP contribution < -0.4 is 5.32 Å². The first kappa shape index (κ1) is 11.7. The third-order valence-corrected chi connectivity index (χ3v) is 1.98. The van der Waals surface area contributed by atoms with Gasteiger partial charge in [0.05, 0.1) is 0 Å². The zero-order valence-electron chi connectivity index (χ0n) is 8.34. The van der Waals surface area contributed by atoms with Crippen molar-refractivity contribution < 1.29 is 8.78 Å². The van der Waals surface area contributed by atoms with Crippen molar-refractivity contribution in [3.8, 4) is 12.3 Å². The summed E-state index contributed by atoms with van der Waals surface area (Å²) in [6, 6.07) is 6.39. The minimum absolute atomic E-state index is 0.0613. The molecule has 0 unspecified atom stereocenters. The van der Waals surface area contributed by atoms with E-state index in [1.807, 2.05) is 6.07 Å². The summed E-state index contributed by atoms with van der Waals surface area (Å²) in [6.45, 7) is 1.28. The number of terminal acetylenes is 1. The molecule has 1 aromatic rings. The van der Waals surface area contributed by atoms with E-state index in [9.17, 15) is 8.78 Å².